The number of nitrogens with two attached hydrogens (primary N) is 1. The lowest BCUT2D eigenvalue weighted by molar-refractivity contribution is 0.102. The fourth-order valence-electron chi connectivity index (χ4n) is 2.61. The van der Waals surface area contributed by atoms with Crippen LogP contribution in [0, 0.1) is 0 Å². The lowest BCUT2D eigenvalue weighted by Crippen LogP contribution is -2.44. The van der Waals surface area contributed by atoms with Gasteiger partial charge in [0.2, 0.25) is 0 Å². The van der Waals surface area contributed by atoms with E-state index in [0.29, 0.717) is 10.6 Å². The number of fused-ring (bicyclic) bond motifs is 1. The number of nitrogen functional groups attached to an aromatic ring is 1. The quantitative estimate of drug-likeness (QED) is 0.855. The topological polar surface area (TPSA) is 62.5 Å². The van der Waals surface area contributed by atoms with Gasteiger partial charge in [-0.15, -0.1) is 11.3 Å². The van der Waals surface area contributed by atoms with E-state index < -0.39 is 0 Å². The van der Waals surface area contributed by atoms with Crippen molar-refractivity contribution in [2.75, 3.05) is 43.9 Å². The Morgan fingerprint density at radius 2 is 2.00 bits per heavy atom. The maximum absolute atomic E-state index is 11.7. The van der Waals surface area contributed by atoms with Crippen LogP contribution in [0.25, 0.3) is 10.1 Å². The average Bonchev–Trinajstić information content (AvgIpc) is 2.77. The van der Waals surface area contributed by atoms with Crippen molar-refractivity contribution < 1.29 is 4.79 Å². The van der Waals surface area contributed by atoms with Crippen molar-refractivity contribution in [3.05, 3.63) is 17.3 Å². The van der Waals surface area contributed by atoms with Crippen molar-refractivity contribution in [3.63, 3.8) is 0 Å². The number of likely N-dealkylation sites (N-methyl/N-ethyl adjacent to an activating group) is 1. The van der Waals surface area contributed by atoms with Crippen molar-refractivity contribution in [2.45, 2.75) is 6.92 Å². The average molecular weight is 290 g/mol. The highest BCUT2D eigenvalue weighted by Gasteiger charge is 2.21. The fraction of sp³-hybridized carbons (Fsp3) is 0.429. The van der Waals surface area contributed by atoms with Crippen LogP contribution in [0.15, 0.2) is 12.4 Å². The molecule has 0 amide bonds. The number of hydrogen-bond acceptors (Lipinski definition) is 6. The van der Waals surface area contributed by atoms with Gasteiger partial charge in [-0.05, 0) is 7.05 Å². The van der Waals surface area contributed by atoms with Gasteiger partial charge in [0.1, 0.15) is 0 Å². The zero-order valence-corrected chi connectivity index (χ0v) is 12.5. The van der Waals surface area contributed by atoms with Crippen LogP contribution in [-0.4, -0.2) is 48.9 Å². The summed E-state index contributed by atoms with van der Waals surface area (Å²) in [6.07, 6.45) is 3.66. The number of nitrogens with zero attached hydrogens (tertiary/aromatic N) is 3. The molecule has 1 aliphatic rings. The largest absolute Gasteiger partial charge is 0.397 e. The normalized spacial score (nSPS) is 16.8. The molecule has 20 heavy (non-hydrogen) atoms. The van der Waals surface area contributed by atoms with Crippen LogP contribution in [0.2, 0.25) is 0 Å². The number of rotatable bonds is 2. The highest BCUT2D eigenvalue weighted by molar-refractivity contribution is 7.21. The lowest BCUT2D eigenvalue weighted by Gasteiger charge is -2.34. The number of thiophene rings is 1. The molecule has 0 saturated carbocycles. The first-order valence-electron chi connectivity index (χ1n) is 6.68. The number of ketones is 1. The second-order valence-electron chi connectivity index (χ2n) is 5.22. The molecule has 1 aliphatic heterocycles. The van der Waals surface area contributed by atoms with Gasteiger partial charge in [-0.3, -0.25) is 9.78 Å². The molecule has 5 nitrogen and oxygen atoms in total. The highest BCUT2D eigenvalue weighted by Crippen LogP contribution is 2.39. The van der Waals surface area contributed by atoms with Crippen molar-refractivity contribution in [1.82, 2.24) is 9.88 Å². The molecule has 106 valence electrons. The zero-order chi connectivity index (χ0) is 14.3. The Bertz CT molecular complexity index is 658. The molecule has 2 N–H and O–H groups in total. The fourth-order valence-corrected chi connectivity index (χ4v) is 3.61. The third kappa shape index (κ3) is 2.14. The molecule has 0 spiro atoms. The van der Waals surface area contributed by atoms with E-state index in [9.17, 15) is 4.79 Å². The molecule has 0 unspecified atom stereocenters. The van der Waals surface area contributed by atoms with Crippen LogP contribution in [0.1, 0.15) is 16.6 Å². The van der Waals surface area contributed by atoms with Gasteiger partial charge in [0.15, 0.2) is 5.78 Å². The second kappa shape index (κ2) is 5.03. The Kier molecular flexibility index (Phi) is 3.35. The van der Waals surface area contributed by atoms with Crippen LogP contribution in [0.3, 0.4) is 0 Å². The number of carbonyl (C=O) groups is 1. The molecule has 6 heteroatoms. The number of Topliss-reactive ketones (excluding diaryl/α,β-unsaturated/α-hetero) is 1. The Morgan fingerprint density at radius 3 is 2.65 bits per heavy atom. The van der Waals surface area contributed by atoms with Crippen molar-refractivity contribution >= 4 is 38.6 Å². The minimum absolute atomic E-state index is 0.0213. The van der Waals surface area contributed by atoms with Crippen LogP contribution >= 0.6 is 11.3 Å². The van der Waals surface area contributed by atoms with Crippen LogP contribution in [0.5, 0.6) is 0 Å². The van der Waals surface area contributed by atoms with Gasteiger partial charge in [0.05, 0.1) is 27.1 Å². The van der Waals surface area contributed by atoms with Crippen molar-refractivity contribution in [1.29, 1.82) is 0 Å². The standard InChI is InChI=1S/C14H18N4OS/c1-9(19)14-13(15)12-10(7-16-8-11(12)20-14)18-5-3-17(2)4-6-18/h7-8H,3-6,15H2,1-2H3. The Hall–Kier alpha value is -1.66. The molecule has 0 bridgehead atoms. The summed E-state index contributed by atoms with van der Waals surface area (Å²) in [6, 6.07) is 0. The van der Waals surface area contributed by atoms with E-state index in [0.717, 1.165) is 42.0 Å². The molecule has 1 saturated heterocycles. The molecule has 0 aromatic carbocycles. The third-order valence-electron chi connectivity index (χ3n) is 3.78. The third-order valence-corrected chi connectivity index (χ3v) is 5.02. The van der Waals surface area contributed by atoms with Crippen molar-refractivity contribution in [3.8, 4) is 0 Å². The molecule has 2 aromatic heterocycles. The molecule has 0 radical (unpaired) electrons. The molecule has 3 heterocycles. The summed E-state index contributed by atoms with van der Waals surface area (Å²) in [5, 5.41) is 0.986. The van der Waals surface area contributed by atoms with Gasteiger partial charge in [-0.1, -0.05) is 0 Å². The maximum Gasteiger partial charge on any atom is 0.171 e. The Balaban J connectivity index is 2.09. The van der Waals surface area contributed by atoms with Crippen LogP contribution < -0.4 is 10.6 Å². The highest BCUT2D eigenvalue weighted by atomic mass is 32.1. The molecule has 0 atom stereocenters. The molecule has 0 aliphatic carbocycles. The summed E-state index contributed by atoms with van der Waals surface area (Å²) in [5.74, 6) is 0.0213. The predicted octanol–water partition coefficient (Wildman–Crippen LogP) is 1.83. The summed E-state index contributed by atoms with van der Waals surface area (Å²) in [4.78, 5) is 21.2. The van der Waals surface area contributed by atoms with Gasteiger partial charge < -0.3 is 15.5 Å². The van der Waals surface area contributed by atoms with E-state index in [4.69, 9.17) is 5.73 Å². The molecule has 2 aromatic rings. The summed E-state index contributed by atoms with van der Waals surface area (Å²) < 4.78 is 0.990. The molecular formula is C14H18N4OS. The minimum Gasteiger partial charge on any atom is -0.397 e. The summed E-state index contributed by atoms with van der Waals surface area (Å²) >= 11 is 1.44. The number of hydrogen-bond donors (Lipinski definition) is 1. The lowest BCUT2D eigenvalue weighted by atomic mass is 10.1. The number of carbonyl (C=O) groups excluding carboxylic acids is 1. The van der Waals surface area contributed by atoms with E-state index in [-0.39, 0.29) is 5.78 Å². The predicted molar refractivity (Wildman–Crippen MR) is 83.7 cm³/mol. The van der Waals surface area contributed by atoms with Crippen LogP contribution in [-0.2, 0) is 0 Å². The zero-order valence-electron chi connectivity index (χ0n) is 11.7. The molecular weight excluding hydrogens is 272 g/mol. The second-order valence-corrected chi connectivity index (χ2v) is 6.28. The minimum atomic E-state index is 0.0213. The van der Waals surface area contributed by atoms with Gasteiger partial charge in [-0.2, -0.15) is 0 Å². The molecule has 3 rings (SSSR count). The SMILES string of the molecule is CC(=O)c1sc2cncc(N3CCN(C)CC3)c2c1N. The summed E-state index contributed by atoms with van der Waals surface area (Å²) in [5.41, 5.74) is 7.86. The number of piperazine rings is 1. The molecule has 1 fully saturated rings. The Labute approximate surface area is 122 Å². The smallest absolute Gasteiger partial charge is 0.171 e. The van der Waals surface area contributed by atoms with E-state index in [2.05, 4.69) is 21.8 Å². The van der Waals surface area contributed by atoms with Crippen molar-refractivity contribution in [2.24, 2.45) is 0 Å². The first-order chi connectivity index (χ1) is 9.58. The van der Waals surface area contributed by atoms with Gasteiger partial charge in [0, 0.05) is 44.7 Å². The van der Waals surface area contributed by atoms with Gasteiger partial charge in [0.25, 0.3) is 0 Å². The van der Waals surface area contributed by atoms with E-state index in [1.165, 1.54) is 11.3 Å². The number of aromatic nitrogens is 1. The first kappa shape index (κ1) is 13.3. The van der Waals surface area contributed by atoms with Gasteiger partial charge >= 0.3 is 0 Å². The number of pyridine rings is 1. The maximum atomic E-state index is 11.7. The first-order valence-corrected chi connectivity index (χ1v) is 7.50. The van der Waals surface area contributed by atoms with Crippen LogP contribution in [0.4, 0.5) is 11.4 Å². The Morgan fingerprint density at radius 1 is 1.30 bits per heavy atom. The summed E-state index contributed by atoms with van der Waals surface area (Å²) in [7, 11) is 2.13. The van der Waals surface area contributed by atoms with Gasteiger partial charge in [-0.25, -0.2) is 0 Å². The van der Waals surface area contributed by atoms with E-state index >= 15 is 0 Å². The number of anilines is 2. The monoisotopic (exact) mass is 290 g/mol. The summed E-state index contributed by atoms with van der Waals surface area (Å²) in [6.45, 7) is 5.54. The van der Waals surface area contributed by atoms with E-state index in [1.807, 2.05) is 6.20 Å². The van der Waals surface area contributed by atoms with E-state index in [1.54, 1.807) is 13.1 Å².